The summed E-state index contributed by atoms with van der Waals surface area (Å²) < 4.78 is 28.0. The van der Waals surface area contributed by atoms with Crippen molar-refractivity contribution in [3.05, 3.63) is 36.5 Å². The second-order valence-corrected chi connectivity index (χ2v) is 7.14. The molecule has 2 heterocycles. The van der Waals surface area contributed by atoms with Crippen LogP contribution in [0.5, 0.6) is 0 Å². The van der Waals surface area contributed by atoms with Crippen LogP contribution in [-0.2, 0) is 10.0 Å². The lowest BCUT2D eigenvalue weighted by atomic mass is 10.2. The topological polar surface area (TPSA) is 71.1 Å². The van der Waals surface area contributed by atoms with Crippen LogP contribution in [0.1, 0.15) is 0 Å². The van der Waals surface area contributed by atoms with Gasteiger partial charge >= 0.3 is 0 Å². The minimum atomic E-state index is -3.48. The standard InChI is InChI=1S/C14H15N3O2S/c18-20(19,17-14-10-7-15-8-11(10)14)13-5-1-4-12-9(13)3-2-6-16-12/h1-6,10-11,14-15,17H,7-8H2. The summed E-state index contributed by atoms with van der Waals surface area (Å²) in [5.41, 5.74) is 0.702. The van der Waals surface area contributed by atoms with Gasteiger partial charge in [-0.3, -0.25) is 4.98 Å². The van der Waals surface area contributed by atoms with Gasteiger partial charge < -0.3 is 5.32 Å². The summed E-state index contributed by atoms with van der Waals surface area (Å²) in [6, 6.07) is 8.85. The average Bonchev–Trinajstić information content (AvgIpc) is 2.89. The van der Waals surface area contributed by atoms with Gasteiger partial charge in [-0.15, -0.1) is 0 Å². The van der Waals surface area contributed by atoms with Gasteiger partial charge in [0.15, 0.2) is 0 Å². The second-order valence-electron chi connectivity index (χ2n) is 5.46. The maximum absolute atomic E-state index is 12.6. The van der Waals surface area contributed by atoms with E-state index in [1.807, 2.05) is 6.07 Å². The molecule has 1 aromatic heterocycles. The van der Waals surface area contributed by atoms with Crippen LogP contribution in [0.15, 0.2) is 41.4 Å². The maximum atomic E-state index is 12.6. The van der Waals surface area contributed by atoms with Crippen LogP contribution in [0.4, 0.5) is 0 Å². The van der Waals surface area contributed by atoms with E-state index in [-0.39, 0.29) is 6.04 Å². The van der Waals surface area contributed by atoms with Crippen LogP contribution >= 0.6 is 0 Å². The van der Waals surface area contributed by atoms with E-state index in [0.29, 0.717) is 27.6 Å². The Morgan fingerprint density at radius 1 is 1.15 bits per heavy atom. The molecule has 0 bridgehead atoms. The van der Waals surface area contributed by atoms with Crippen molar-refractivity contribution in [2.75, 3.05) is 13.1 Å². The van der Waals surface area contributed by atoms with Crippen molar-refractivity contribution < 1.29 is 8.42 Å². The highest BCUT2D eigenvalue weighted by molar-refractivity contribution is 7.89. The van der Waals surface area contributed by atoms with Crippen LogP contribution in [0.2, 0.25) is 0 Å². The molecule has 2 aliphatic rings. The van der Waals surface area contributed by atoms with Crippen molar-refractivity contribution in [2.45, 2.75) is 10.9 Å². The van der Waals surface area contributed by atoms with E-state index in [1.165, 1.54) is 0 Å². The number of hydrogen-bond acceptors (Lipinski definition) is 4. The van der Waals surface area contributed by atoms with Gasteiger partial charge in [0.25, 0.3) is 0 Å². The fourth-order valence-corrected chi connectivity index (χ4v) is 4.70. The van der Waals surface area contributed by atoms with Crippen LogP contribution in [-0.4, -0.2) is 32.5 Å². The number of fused-ring (bicyclic) bond motifs is 2. The highest BCUT2D eigenvalue weighted by atomic mass is 32.2. The Bertz CT molecular complexity index is 760. The van der Waals surface area contributed by atoms with Gasteiger partial charge in [-0.2, -0.15) is 0 Å². The van der Waals surface area contributed by atoms with Gasteiger partial charge in [0.1, 0.15) is 0 Å². The van der Waals surface area contributed by atoms with Gasteiger partial charge in [-0.05, 0) is 49.2 Å². The van der Waals surface area contributed by atoms with Gasteiger partial charge in [-0.1, -0.05) is 6.07 Å². The molecule has 1 aliphatic heterocycles. The highest BCUT2D eigenvalue weighted by Crippen LogP contribution is 2.42. The van der Waals surface area contributed by atoms with Gasteiger partial charge in [0.05, 0.1) is 10.4 Å². The monoisotopic (exact) mass is 289 g/mol. The molecule has 104 valence electrons. The normalized spacial score (nSPS) is 28.5. The molecule has 2 N–H and O–H groups in total. The largest absolute Gasteiger partial charge is 0.316 e. The van der Waals surface area contributed by atoms with Crippen LogP contribution in [0, 0.1) is 11.8 Å². The SMILES string of the molecule is O=S(=O)(NC1C2CNCC21)c1cccc2ncccc12. The molecule has 2 atom stereocenters. The summed E-state index contributed by atoms with van der Waals surface area (Å²) in [5.74, 6) is 0.913. The van der Waals surface area contributed by atoms with Gasteiger partial charge in [-0.25, -0.2) is 13.1 Å². The van der Waals surface area contributed by atoms with Crippen molar-refractivity contribution >= 4 is 20.9 Å². The van der Waals surface area contributed by atoms with Gasteiger partial charge in [0, 0.05) is 17.6 Å². The number of nitrogens with one attached hydrogen (secondary N) is 2. The zero-order chi connectivity index (χ0) is 13.7. The maximum Gasteiger partial charge on any atom is 0.241 e. The zero-order valence-corrected chi connectivity index (χ0v) is 11.6. The van der Waals surface area contributed by atoms with Crippen molar-refractivity contribution in [3.8, 4) is 0 Å². The first-order chi connectivity index (χ1) is 9.67. The number of aromatic nitrogens is 1. The molecule has 0 spiro atoms. The molecule has 0 amide bonds. The number of pyridine rings is 1. The number of sulfonamides is 1. The van der Waals surface area contributed by atoms with Crippen LogP contribution < -0.4 is 10.0 Å². The molecule has 1 saturated carbocycles. The van der Waals surface area contributed by atoms with E-state index in [4.69, 9.17) is 0 Å². The smallest absolute Gasteiger partial charge is 0.241 e. The fourth-order valence-electron chi connectivity index (χ4n) is 3.15. The summed E-state index contributed by atoms with van der Waals surface area (Å²) in [4.78, 5) is 4.53. The van der Waals surface area contributed by atoms with E-state index < -0.39 is 10.0 Å². The lowest BCUT2D eigenvalue weighted by Gasteiger charge is -2.10. The Morgan fingerprint density at radius 2 is 1.95 bits per heavy atom. The Hall–Kier alpha value is -1.50. The van der Waals surface area contributed by atoms with Crippen molar-refractivity contribution in [3.63, 3.8) is 0 Å². The van der Waals surface area contributed by atoms with Crippen LogP contribution in [0.3, 0.4) is 0 Å². The molecule has 2 unspecified atom stereocenters. The molecule has 2 aromatic rings. The molecule has 0 radical (unpaired) electrons. The molecular weight excluding hydrogens is 274 g/mol. The molecule has 20 heavy (non-hydrogen) atoms. The molecule has 5 nitrogen and oxygen atoms in total. The molecule has 1 saturated heterocycles. The lowest BCUT2D eigenvalue weighted by molar-refractivity contribution is 0.566. The molecule has 4 rings (SSSR count). The number of piperidine rings is 1. The third kappa shape index (κ3) is 1.83. The van der Waals surface area contributed by atoms with E-state index in [0.717, 1.165) is 13.1 Å². The summed E-state index contributed by atoms with van der Waals surface area (Å²) >= 11 is 0. The first-order valence-corrected chi connectivity index (χ1v) is 8.22. The lowest BCUT2D eigenvalue weighted by Crippen LogP contribution is -2.32. The number of benzene rings is 1. The van der Waals surface area contributed by atoms with Crippen molar-refractivity contribution in [1.82, 2.24) is 15.0 Å². The third-order valence-electron chi connectivity index (χ3n) is 4.28. The zero-order valence-electron chi connectivity index (χ0n) is 10.8. The number of rotatable bonds is 3. The van der Waals surface area contributed by atoms with Crippen LogP contribution in [0.25, 0.3) is 10.9 Å². The van der Waals surface area contributed by atoms with E-state index in [2.05, 4.69) is 15.0 Å². The predicted molar refractivity (Wildman–Crippen MR) is 75.7 cm³/mol. The summed E-state index contributed by atoms with van der Waals surface area (Å²) in [5, 5.41) is 3.93. The Balaban J connectivity index is 1.71. The minimum absolute atomic E-state index is 0.0909. The summed E-state index contributed by atoms with van der Waals surface area (Å²) in [7, 11) is -3.48. The fraction of sp³-hybridized carbons (Fsp3) is 0.357. The summed E-state index contributed by atoms with van der Waals surface area (Å²) in [6.07, 6.45) is 1.67. The minimum Gasteiger partial charge on any atom is -0.316 e. The predicted octanol–water partition coefficient (Wildman–Crippen LogP) is 0.731. The van der Waals surface area contributed by atoms with Crippen molar-refractivity contribution in [1.29, 1.82) is 0 Å². The molecular formula is C14H15N3O2S. The number of nitrogens with zero attached hydrogens (tertiary/aromatic N) is 1. The Kier molecular flexibility index (Phi) is 2.60. The first kappa shape index (κ1) is 12.3. The molecule has 6 heteroatoms. The quantitative estimate of drug-likeness (QED) is 0.874. The first-order valence-electron chi connectivity index (χ1n) is 6.74. The third-order valence-corrected chi connectivity index (χ3v) is 5.80. The molecule has 2 fully saturated rings. The second kappa shape index (κ2) is 4.25. The summed E-state index contributed by atoms with van der Waals surface area (Å²) in [6.45, 7) is 1.82. The molecule has 1 aliphatic carbocycles. The highest BCUT2D eigenvalue weighted by Gasteiger charge is 2.54. The van der Waals surface area contributed by atoms with E-state index in [1.54, 1.807) is 30.5 Å². The Morgan fingerprint density at radius 3 is 2.75 bits per heavy atom. The number of hydrogen-bond donors (Lipinski definition) is 2. The van der Waals surface area contributed by atoms with Gasteiger partial charge in [0.2, 0.25) is 10.0 Å². The van der Waals surface area contributed by atoms with Crippen molar-refractivity contribution in [2.24, 2.45) is 11.8 Å². The van der Waals surface area contributed by atoms with E-state index in [9.17, 15) is 8.42 Å². The van der Waals surface area contributed by atoms with E-state index >= 15 is 0 Å². The molecule has 1 aromatic carbocycles. The Labute approximate surface area is 117 Å². The average molecular weight is 289 g/mol.